The van der Waals surface area contributed by atoms with Crippen molar-refractivity contribution >= 4 is 5.91 Å². The maximum atomic E-state index is 12.3. The number of hydrogen-bond acceptors (Lipinski definition) is 2. The number of amides is 1. The molecule has 2 saturated carbocycles. The molecule has 0 unspecified atom stereocenters. The van der Waals surface area contributed by atoms with Crippen molar-refractivity contribution in [2.24, 2.45) is 17.1 Å². The Morgan fingerprint density at radius 3 is 2.28 bits per heavy atom. The quantitative estimate of drug-likeness (QED) is 0.756. The van der Waals surface area contributed by atoms with Crippen LogP contribution < -0.4 is 11.1 Å². The van der Waals surface area contributed by atoms with Gasteiger partial charge >= 0.3 is 0 Å². The van der Waals surface area contributed by atoms with Crippen LogP contribution >= 0.6 is 0 Å². The second-order valence-electron chi connectivity index (χ2n) is 6.35. The van der Waals surface area contributed by atoms with Gasteiger partial charge in [-0.05, 0) is 38.5 Å². The first kappa shape index (κ1) is 13.9. The van der Waals surface area contributed by atoms with Gasteiger partial charge in [0.2, 0.25) is 5.91 Å². The Morgan fingerprint density at radius 2 is 1.83 bits per heavy atom. The van der Waals surface area contributed by atoms with Gasteiger partial charge in [-0.25, -0.2) is 0 Å². The Kier molecular flexibility index (Phi) is 4.66. The highest BCUT2D eigenvalue weighted by molar-refractivity contribution is 5.84. The van der Waals surface area contributed by atoms with Crippen LogP contribution in [0.3, 0.4) is 0 Å². The lowest BCUT2D eigenvalue weighted by Crippen LogP contribution is -2.53. The predicted octanol–water partition coefficient (Wildman–Crippen LogP) is 2.59. The number of carbonyl (C=O) groups is 1. The molecule has 0 spiro atoms. The zero-order valence-electron chi connectivity index (χ0n) is 11.7. The van der Waals surface area contributed by atoms with Crippen LogP contribution in [-0.4, -0.2) is 18.5 Å². The third-order valence-electron chi connectivity index (χ3n) is 5.15. The van der Waals surface area contributed by atoms with Gasteiger partial charge in [-0.1, -0.05) is 32.1 Å². The first-order valence-corrected chi connectivity index (χ1v) is 7.69. The van der Waals surface area contributed by atoms with Crippen LogP contribution in [0.5, 0.6) is 0 Å². The van der Waals surface area contributed by atoms with Crippen LogP contribution in [-0.2, 0) is 4.79 Å². The van der Waals surface area contributed by atoms with E-state index in [2.05, 4.69) is 12.2 Å². The molecule has 3 heteroatoms. The Morgan fingerprint density at radius 1 is 1.22 bits per heavy atom. The number of nitrogens with two attached hydrogens (primary N) is 1. The van der Waals surface area contributed by atoms with E-state index in [4.69, 9.17) is 5.73 Å². The fraction of sp³-hybridized carbons (Fsp3) is 0.933. The van der Waals surface area contributed by atoms with E-state index in [1.807, 2.05) is 0 Å². The van der Waals surface area contributed by atoms with Gasteiger partial charge in [0.25, 0.3) is 0 Å². The van der Waals surface area contributed by atoms with E-state index in [0.29, 0.717) is 18.5 Å². The number of rotatable bonds is 4. The van der Waals surface area contributed by atoms with E-state index in [1.54, 1.807) is 0 Å². The molecule has 0 aromatic heterocycles. The molecule has 0 heterocycles. The van der Waals surface area contributed by atoms with Crippen molar-refractivity contribution in [1.29, 1.82) is 0 Å². The summed E-state index contributed by atoms with van der Waals surface area (Å²) in [5.74, 6) is 0.888. The van der Waals surface area contributed by atoms with Crippen LogP contribution in [0.15, 0.2) is 0 Å². The Balaban J connectivity index is 1.85. The molecule has 2 aliphatic rings. The molecule has 2 fully saturated rings. The molecule has 1 amide bonds. The third-order valence-corrected chi connectivity index (χ3v) is 5.15. The Hall–Kier alpha value is -0.570. The van der Waals surface area contributed by atoms with Crippen LogP contribution in [0, 0.1) is 11.3 Å². The van der Waals surface area contributed by atoms with Gasteiger partial charge in [0.15, 0.2) is 0 Å². The summed E-state index contributed by atoms with van der Waals surface area (Å²) < 4.78 is 0. The fourth-order valence-electron chi connectivity index (χ4n) is 3.42. The minimum atomic E-state index is -0.223. The number of hydrogen-bond donors (Lipinski definition) is 2. The van der Waals surface area contributed by atoms with E-state index in [0.717, 1.165) is 19.3 Å². The summed E-state index contributed by atoms with van der Waals surface area (Å²) in [6.07, 6.45) is 11.0. The number of nitrogens with one attached hydrogen (secondary N) is 1. The van der Waals surface area contributed by atoms with Gasteiger partial charge in [-0.15, -0.1) is 0 Å². The molecule has 0 aromatic rings. The predicted molar refractivity (Wildman–Crippen MR) is 74.1 cm³/mol. The SMILES string of the molecule is C[C@H](NC(=O)C1(CN)CCC1)C1CCCCCC1. The molecule has 0 aromatic carbocycles. The molecule has 1 atom stereocenters. The van der Waals surface area contributed by atoms with Gasteiger partial charge in [0.1, 0.15) is 0 Å². The molecular weight excluding hydrogens is 224 g/mol. The zero-order valence-corrected chi connectivity index (χ0v) is 11.7. The summed E-state index contributed by atoms with van der Waals surface area (Å²) >= 11 is 0. The monoisotopic (exact) mass is 252 g/mol. The van der Waals surface area contributed by atoms with Gasteiger partial charge in [-0.3, -0.25) is 4.79 Å². The highest BCUT2D eigenvalue weighted by Crippen LogP contribution is 2.40. The first-order chi connectivity index (χ1) is 8.68. The smallest absolute Gasteiger partial charge is 0.227 e. The average molecular weight is 252 g/mol. The van der Waals surface area contributed by atoms with Gasteiger partial charge in [0, 0.05) is 12.6 Å². The topological polar surface area (TPSA) is 55.1 Å². The molecule has 104 valence electrons. The van der Waals surface area contributed by atoms with E-state index >= 15 is 0 Å². The second-order valence-corrected chi connectivity index (χ2v) is 6.35. The summed E-state index contributed by atoms with van der Waals surface area (Å²) in [5.41, 5.74) is 5.56. The van der Waals surface area contributed by atoms with Crippen molar-refractivity contribution in [3.05, 3.63) is 0 Å². The van der Waals surface area contributed by atoms with Crippen molar-refractivity contribution in [2.45, 2.75) is 70.8 Å². The van der Waals surface area contributed by atoms with Crippen molar-refractivity contribution in [3.8, 4) is 0 Å². The van der Waals surface area contributed by atoms with Crippen molar-refractivity contribution in [2.75, 3.05) is 6.54 Å². The number of carbonyl (C=O) groups excluding carboxylic acids is 1. The maximum Gasteiger partial charge on any atom is 0.227 e. The van der Waals surface area contributed by atoms with Gasteiger partial charge < -0.3 is 11.1 Å². The maximum absolute atomic E-state index is 12.3. The zero-order chi connectivity index (χ0) is 13.0. The van der Waals surface area contributed by atoms with E-state index in [-0.39, 0.29) is 11.3 Å². The van der Waals surface area contributed by atoms with E-state index in [1.165, 1.54) is 38.5 Å². The highest BCUT2D eigenvalue weighted by Gasteiger charge is 2.43. The molecule has 0 bridgehead atoms. The third kappa shape index (κ3) is 2.87. The summed E-state index contributed by atoms with van der Waals surface area (Å²) in [6, 6.07) is 0.319. The lowest BCUT2D eigenvalue weighted by Gasteiger charge is -2.40. The molecular formula is C15H28N2O. The van der Waals surface area contributed by atoms with Crippen LogP contribution in [0.25, 0.3) is 0 Å². The van der Waals surface area contributed by atoms with Gasteiger partial charge in [0.05, 0.1) is 5.41 Å². The average Bonchev–Trinajstić information content (AvgIpc) is 2.56. The molecule has 3 N–H and O–H groups in total. The van der Waals surface area contributed by atoms with Crippen molar-refractivity contribution in [1.82, 2.24) is 5.32 Å². The summed E-state index contributed by atoms with van der Waals surface area (Å²) in [5, 5.41) is 3.25. The standard InChI is InChI=1S/C15H28N2O/c1-12(13-7-4-2-3-5-8-13)17-14(18)15(11-16)9-6-10-15/h12-13H,2-11,16H2,1H3,(H,17,18)/t12-/m0/s1. The minimum absolute atomic E-state index is 0.216. The highest BCUT2D eigenvalue weighted by atomic mass is 16.2. The second kappa shape index (κ2) is 6.05. The molecule has 0 saturated heterocycles. The van der Waals surface area contributed by atoms with Crippen LogP contribution in [0.1, 0.15) is 64.7 Å². The minimum Gasteiger partial charge on any atom is -0.353 e. The van der Waals surface area contributed by atoms with Gasteiger partial charge in [-0.2, -0.15) is 0 Å². The molecule has 2 rings (SSSR count). The molecule has 2 aliphatic carbocycles. The summed E-state index contributed by atoms with van der Waals surface area (Å²) in [4.78, 5) is 12.3. The fourth-order valence-corrected chi connectivity index (χ4v) is 3.42. The lowest BCUT2D eigenvalue weighted by molar-refractivity contribution is -0.136. The molecule has 0 aliphatic heterocycles. The summed E-state index contributed by atoms with van der Waals surface area (Å²) in [7, 11) is 0. The van der Waals surface area contributed by atoms with E-state index < -0.39 is 0 Å². The molecule has 18 heavy (non-hydrogen) atoms. The molecule has 3 nitrogen and oxygen atoms in total. The van der Waals surface area contributed by atoms with Crippen LogP contribution in [0.2, 0.25) is 0 Å². The first-order valence-electron chi connectivity index (χ1n) is 7.69. The Bertz CT molecular complexity index is 273. The van der Waals surface area contributed by atoms with Crippen molar-refractivity contribution < 1.29 is 4.79 Å². The van der Waals surface area contributed by atoms with Crippen molar-refractivity contribution in [3.63, 3.8) is 0 Å². The normalized spacial score (nSPS) is 25.9. The van der Waals surface area contributed by atoms with E-state index in [9.17, 15) is 4.79 Å². The summed E-state index contributed by atoms with van der Waals surface area (Å²) in [6.45, 7) is 2.69. The largest absolute Gasteiger partial charge is 0.353 e. The molecule has 0 radical (unpaired) electrons. The van der Waals surface area contributed by atoms with Crippen LogP contribution in [0.4, 0.5) is 0 Å². The Labute approximate surface area is 111 Å². The lowest BCUT2D eigenvalue weighted by atomic mass is 9.68.